The number of anilines is 1. The number of carboxylic acid groups (broad SMARTS) is 1. The Bertz CT molecular complexity index is 632. The van der Waals surface area contributed by atoms with Crippen LogP contribution in [0, 0.1) is 5.41 Å². The van der Waals surface area contributed by atoms with Crippen LogP contribution in [0.5, 0.6) is 0 Å². The minimum Gasteiger partial charge on any atom is -0.481 e. The highest BCUT2D eigenvalue weighted by Crippen LogP contribution is 2.37. The number of piperidine rings is 1. The van der Waals surface area contributed by atoms with Crippen molar-refractivity contribution in [3.8, 4) is 0 Å². The van der Waals surface area contributed by atoms with Crippen LogP contribution >= 0.6 is 11.3 Å². The smallest absolute Gasteiger partial charge is 0.309 e. The van der Waals surface area contributed by atoms with E-state index in [1.165, 1.54) is 0 Å². The van der Waals surface area contributed by atoms with Crippen molar-refractivity contribution in [1.82, 2.24) is 9.97 Å². The van der Waals surface area contributed by atoms with Crippen molar-refractivity contribution in [3.05, 3.63) is 17.8 Å². The minimum absolute atomic E-state index is 0.558. The van der Waals surface area contributed by atoms with E-state index in [9.17, 15) is 9.90 Å². The van der Waals surface area contributed by atoms with Gasteiger partial charge in [0.05, 0.1) is 10.8 Å². The number of carboxylic acids is 1. The van der Waals surface area contributed by atoms with E-state index < -0.39 is 11.4 Å². The molecule has 0 aromatic carbocycles. The summed E-state index contributed by atoms with van der Waals surface area (Å²) in [5, 5.41) is 12.5. The van der Waals surface area contributed by atoms with Crippen molar-refractivity contribution < 1.29 is 9.90 Å². The largest absolute Gasteiger partial charge is 0.481 e. The highest BCUT2D eigenvalue weighted by atomic mass is 32.1. The Labute approximate surface area is 121 Å². The number of hydrogen-bond acceptors (Lipinski definition) is 5. The molecule has 0 aliphatic carbocycles. The van der Waals surface area contributed by atoms with Gasteiger partial charge in [0.1, 0.15) is 17.0 Å². The van der Waals surface area contributed by atoms with Crippen molar-refractivity contribution in [2.45, 2.75) is 26.2 Å². The molecule has 1 saturated heterocycles. The normalized spacial score (nSPS) is 18.4. The highest BCUT2D eigenvalue weighted by Gasteiger charge is 2.40. The maximum absolute atomic E-state index is 11.5. The lowest BCUT2D eigenvalue weighted by atomic mass is 9.76. The number of rotatable bonds is 3. The first-order chi connectivity index (χ1) is 9.66. The van der Waals surface area contributed by atoms with E-state index in [0.717, 1.165) is 29.1 Å². The van der Waals surface area contributed by atoms with Crippen LogP contribution in [0.3, 0.4) is 0 Å². The summed E-state index contributed by atoms with van der Waals surface area (Å²) in [6.45, 7) is 3.44. The number of nitrogens with zero attached hydrogens (tertiary/aromatic N) is 3. The summed E-state index contributed by atoms with van der Waals surface area (Å²) >= 11 is 1.60. The second-order valence-electron chi connectivity index (χ2n) is 5.26. The molecule has 1 aliphatic heterocycles. The van der Waals surface area contributed by atoms with Gasteiger partial charge in [0.25, 0.3) is 0 Å². The molecule has 20 heavy (non-hydrogen) atoms. The van der Waals surface area contributed by atoms with E-state index in [-0.39, 0.29) is 0 Å². The first-order valence-corrected chi connectivity index (χ1v) is 7.71. The van der Waals surface area contributed by atoms with E-state index in [2.05, 4.69) is 14.9 Å². The van der Waals surface area contributed by atoms with E-state index in [4.69, 9.17) is 0 Å². The molecule has 106 valence electrons. The summed E-state index contributed by atoms with van der Waals surface area (Å²) < 4.78 is 0. The molecular formula is C14H17N3O2S. The molecule has 2 aromatic rings. The first kappa shape index (κ1) is 13.3. The van der Waals surface area contributed by atoms with E-state index in [1.807, 2.05) is 18.4 Å². The number of thiophene rings is 1. The lowest BCUT2D eigenvalue weighted by molar-refractivity contribution is -0.150. The van der Waals surface area contributed by atoms with Gasteiger partial charge in [-0.2, -0.15) is 0 Å². The van der Waals surface area contributed by atoms with Gasteiger partial charge < -0.3 is 10.0 Å². The number of aliphatic carboxylic acids is 1. The fraction of sp³-hybridized carbons (Fsp3) is 0.500. The van der Waals surface area contributed by atoms with Crippen LogP contribution in [0.2, 0.25) is 0 Å². The number of carbonyl (C=O) groups is 1. The molecule has 0 bridgehead atoms. The number of aromatic nitrogens is 2. The van der Waals surface area contributed by atoms with E-state index >= 15 is 0 Å². The second-order valence-corrected chi connectivity index (χ2v) is 6.16. The molecule has 1 fully saturated rings. The molecule has 2 aromatic heterocycles. The number of fused-ring (bicyclic) bond motifs is 1. The van der Waals surface area contributed by atoms with Crippen LogP contribution in [-0.4, -0.2) is 34.1 Å². The van der Waals surface area contributed by atoms with Crippen molar-refractivity contribution in [2.24, 2.45) is 5.41 Å². The fourth-order valence-electron chi connectivity index (χ4n) is 2.89. The predicted molar refractivity (Wildman–Crippen MR) is 79.2 cm³/mol. The van der Waals surface area contributed by atoms with Crippen LogP contribution in [-0.2, 0) is 4.79 Å². The quantitative estimate of drug-likeness (QED) is 0.942. The Hall–Kier alpha value is -1.69. The molecule has 3 heterocycles. The summed E-state index contributed by atoms with van der Waals surface area (Å²) in [7, 11) is 0. The van der Waals surface area contributed by atoms with Crippen LogP contribution in [0.1, 0.15) is 26.2 Å². The van der Waals surface area contributed by atoms with Gasteiger partial charge in [0, 0.05) is 13.1 Å². The Morgan fingerprint density at radius 1 is 1.45 bits per heavy atom. The molecule has 1 N–H and O–H groups in total. The third-order valence-corrected chi connectivity index (χ3v) is 5.21. The highest BCUT2D eigenvalue weighted by molar-refractivity contribution is 7.16. The molecule has 3 rings (SSSR count). The summed E-state index contributed by atoms with van der Waals surface area (Å²) in [5.41, 5.74) is -0.558. The Morgan fingerprint density at radius 3 is 2.85 bits per heavy atom. The maximum atomic E-state index is 11.5. The average Bonchev–Trinajstić information content (AvgIpc) is 2.95. The molecule has 5 nitrogen and oxygen atoms in total. The molecule has 0 spiro atoms. The minimum atomic E-state index is -0.664. The summed E-state index contributed by atoms with van der Waals surface area (Å²) in [4.78, 5) is 23.3. The average molecular weight is 291 g/mol. The zero-order valence-corrected chi connectivity index (χ0v) is 12.2. The van der Waals surface area contributed by atoms with Crippen LogP contribution in [0.4, 0.5) is 5.82 Å². The maximum Gasteiger partial charge on any atom is 0.309 e. The molecule has 0 amide bonds. The van der Waals surface area contributed by atoms with Gasteiger partial charge in [-0.25, -0.2) is 9.97 Å². The van der Waals surface area contributed by atoms with Gasteiger partial charge in [-0.15, -0.1) is 11.3 Å². The molecule has 0 unspecified atom stereocenters. The van der Waals surface area contributed by atoms with Crippen molar-refractivity contribution in [2.75, 3.05) is 18.0 Å². The molecule has 0 saturated carbocycles. The topological polar surface area (TPSA) is 66.3 Å². The molecule has 1 aliphatic rings. The molecule has 0 atom stereocenters. The SMILES string of the molecule is CCC1(C(=O)O)CCN(c2ncnc3sccc23)CC1. The Balaban J connectivity index is 1.85. The van der Waals surface area contributed by atoms with Crippen molar-refractivity contribution in [1.29, 1.82) is 0 Å². The lowest BCUT2D eigenvalue weighted by Crippen LogP contribution is -2.44. The second kappa shape index (κ2) is 5.01. The number of hydrogen-bond donors (Lipinski definition) is 1. The summed E-state index contributed by atoms with van der Waals surface area (Å²) in [5.74, 6) is 0.273. The summed E-state index contributed by atoms with van der Waals surface area (Å²) in [6, 6.07) is 2.04. The van der Waals surface area contributed by atoms with Crippen molar-refractivity contribution >= 4 is 33.3 Å². The van der Waals surface area contributed by atoms with Gasteiger partial charge in [-0.1, -0.05) is 6.92 Å². The van der Waals surface area contributed by atoms with Crippen LogP contribution < -0.4 is 4.90 Å². The zero-order valence-electron chi connectivity index (χ0n) is 11.4. The first-order valence-electron chi connectivity index (χ1n) is 6.83. The molecule has 6 heteroatoms. The van der Waals surface area contributed by atoms with Crippen LogP contribution in [0.25, 0.3) is 10.2 Å². The zero-order chi connectivity index (χ0) is 14.2. The Morgan fingerprint density at radius 2 is 2.20 bits per heavy atom. The Kier molecular flexibility index (Phi) is 3.33. The molecular weight excluding hydrogens is 274 g/mol. The van der Waals surface area contributed by atoms with Gasteiger partial charge >= 0.3 is 5.97 Å². The van der Waals surface area contributed by atoms with E-state index in [0.29, 0.717) is 19.3 Å². The fourth-order valence-corrected chi connectivity index (χ4v) is 3.62. The third kappa shape index (κ3) is 2.04. The summed E-state index contributed by atoms with van der Waals surface area (Å²) in [6.07, 6.45) is 3.63. The monoisotopic (exact) mass is 291 g/mol. The van der Waals surface area contributed by atoms with E-state index in [1.54, 1.807) is 17.7 Å². The van der Waals surface area contributed by atoms with Gasteiger partial charge in [-0.3, -0.25) is 4.79 Å². The standard InChI is InChI=1S/C14H17N3O2S/c1-2-14(13(18)19)4-6-17(7-5-14)11-10-3-8-20-12(10)16-9-15-11/h3,8-9H,2,4-7H2,1H3,(H,18,19). The van der Waals surface area contributed by atoms with Crippen molar-refractivity contribution in [3.63, 3.8) is 0 Å². The molecule has 0 radical (unpaired) electrons. The lowest BCUT2D eigenvalue weighted by Gasteiger charge is -2.39. The van der Waals surface area contributed by atoms with Gasteiger partial charge in [0.15, 0.2) is 0 Å². The van der Waals surface area contributed by atoms with Gasteiger partial charge in [0.2, 0.25) is 0 Å². The predicted octanol–water partition coefficient (Wildman–Crippen LogP) is 2.77. The van der Waals surface area contributed by atoms with Gasteiger partial charge in [-0.05, 0) is 30.7 Å². The van der Waals surface area contributed by atoms with Crippen LogP contribution in [0.15, 0.2) is 17.8 Å². The third-order valence-electron chi connectivity index (χ3n) is 4.39.